The third-order valence-electron chi connectivity index (χ3n) is 4.28. The summed E-state index contributed by atoms with van der Waals surface area (Å²) >= 11 is 0. The van der Waals surface area contributed by atoms with Gasteiger partial charge in [0.15, 0.2) is 0 Å². The van der Waals surface area contributed by atoms with Crippen LogP contribution in [0.3, 0.4) is 0 Å². The maximum absolute atomic E-state index is 11.9. The fourth-order valence-corrected chi connectivity index (χ4v) is 2.86. The van der Waals surface area contributed by atoms with Gasteiger partial charge in [-0.3, -0.25) is 4.79 Å². The fourth-order valence-electron chi connectivity index (χ4n) is 2.86. The molecule has 1 aliphatic carbocycles. The van der Waals surface area contributed by atoms with Crippen LogP contribution in [0, 0.1) is 6.92 Å². The molecule has 0 radical (unpaired) electrons. The Balaban J connectivity index is 1.93. The van der Waals surface area contributed by atoms with Gasteiger partial charge in [-0.2, -0.15) is 0 Å². The molecule has 0 bridgehead atoms. The number of hydrogen-bond donors (Lipinski definition) is 2. The zero-order valence-electron chi connectivity index (χ0n) is 12.4. The van der Waals surface area contributed by atoms with E-state index in [0.29, 0.717) is 12.6 Å². The van der Waals surface area contributed by atoms with E-state index in [9.17, 15) is 9.90 Å². The standard InChI is InChI=1S/C17H25NO2/c1-12-3-5-14(6-4-12)17(13(2)19)11-18-15-7-9-16(20)10-8-15/h3-6,15-18,20H,7-11H2,1-2H3/t15-,16-,17-/m0/s1. The molecule has 2 rings (SSSR count). The normalized spacial score (nSPS) is 24.4. The second-order valence-corrected chi connectivity index (χ2v) is 5.99. The van der Waals surface area contributed by atoms with Crippen LogP contribution in [0.1, 0.15) is 49.7 Å². The Morgan fingerprint density at radius 2 is 1.85 bits per heavy atom. The molecule has 2 N–H and O–H groups in total. The van der Waals surface area contributed by atoms with Crippen molar-refractivity contribution in [3.63, 3.8) is 0 Å². The summed E-state index contributed by atoms with van der Waals surface area (Å²) in [7, 11) is 0. The Morgan fingerprint density at radius 1 is 1.25 bits per heavy atom. The van der Waals surface area contributed by atoms with Gasteiger partial charge in [-0.25, -0.2) is 0 Å². The first-order valence-corrected chi connectivity index (χ1v) is 7.54. The number of aryl methyl sites for hydroxylation is 1. The fraction of sp³-hybridized carbons (Fsp3) is 0.588. The summed E-state index contributed by atoms with van der Waals surface area (Å²) in [5.41, 5.74) is 2.30. The third kappa shape index (κ3) is 4.15. The zero-order valence-corrected chi connectivity index (χ0v) is 12.4. The largest absolute Gasteiger partial charge is 0.393 e. The SMILES string of the molecule is CC(=O)[C@H](CN[C@H]1CC[C@H](O)CC1)c1ccc(C)cc1. The second-order valence-electron chi connectivity index (χ2n) is 5.99. The highest BCUT2D eigenvalue weighted by Gasteiger charge is 2.22. The predicted octanol–water partition coefficient (Wildman–Crippen LogP) is 2.56. The zero-order chi connectivity index (χ0) is 14.5. The van der Waals surface area contributed by atoms with Gasteiger partial charge in [0.2, 0.25) is 0 Å². The van der Waals surface area contributed by atoms with Crippen LogP contribution in [0.15, 0.2) is 24.3 Å². The first-order chi connectivity index (χ1) is 9.56. The summed E-state index contributed by atoms with van der Waals surface area (Å²) in [5.74, 6) is 0.139. The smallest absolute Gasteiger partial charge is 0.138 e. The summed E-state index contributed by atoms with van der Waals surface area (Å²) in [5, 5.41) is 13.0. The monoisotopic (exact) mass is 275 g/mol. The first-order valence-electron chi connectivity index (χ1n) is 7.54. The van der Waals surface area contributed by atoms with Gasteiger partial charge in [0.25, 0.3) is 0 Å². The van der Waals surface area contributed by atoms with E-state index in [1.165, 1.54) is 5.56 Å². The average Bonchev–Trinajstić information content (AvgIpc) is 2.43. The van der Waals surface area contributed by atoms with Crippen LogP contribution >= 0.6 is 0 Å². The lowest BCUT2D eigenvalue weighted by Gasteiger charge is -2.27. The molecule has 0 spiro atoms. The number of nitrogens with one attached hydrogen (secondary N) is 1. The summed E-state index contributed by atoms with van der Waals surface area (Å²) in [6.07, 6.45) is 3.60. The summed E-state index contributed by atoms with van der Waals surface area (Å²) in [4.78, 5) is 11.9. The molecule has 3 nitrogen and oxygen atoms in total. The molecule has 0 amide bonds. The summed E-state index contributed by atoms with van der Waals surface area (Å²) in [6, 6.07) is 8.65. The molecule has 1 saturated carbocycles. The molecule has 1 aliphatic rings. The molecule has 0 aromatic heterocycles. The number of ketones is 1. The summed E-state index contributed by atoms with van der Waals surface area (Å²) < 4.78 is 0. The van der Waals surface area contributed by atoms with E-state index in [1.54, 1.807) is 6.92 Å². The number of carbonyl (C=O) groups is 1. The molecule has 3 heteroatoms. The number of rotatable bonds is 5. The molecule has 0 saturated heterocycles. The van der Waals surface area contributed by atoms with Gasteiger partial charge in [0.1, 0.15) is 5.78 Å². The Labute approximate surface area is 121 Å². The van der Waals surface area contributed by atoms with E-state index in [1.807, 2.05) is 12.1 Å². The molecule has 1 fully saturated rings. The predicted molar refractivity (Wildman–Crippen MR) is 80.9 cm³/mol. The third-order valence-corrected chi connectivity index (χ3v) is 4.28. The second kappa shape index (κ2) is 7.00. The van der Waals surface area contributed by atoms with Crippen LogP contribution in [0.25, 0.3) is 0 Å². The van der Waals surface area contributed by atoms with Crippen LogP contribution in [0.2, 0.25) is 0 Å². The lowest BCUT2D eigenvalue weighted by atomic mass is 9.91. The van der Waals surface area contributed by atoms with Crippen molar-refractivity contribution in [2.75, 3.05) is 6.54 Å². The molecule has 20 heavy (non-hydrogen) atoms. The van der Waals surface area contributed by atoms with Crippen molar-refractivity contribution in [1.82, 2.24) is 5.32 Å². The quantitative estimate of drug-likeness (QED) is 0.868. The van der Waals surface area contributed by atoms with Crippen molar-refractivity contribution in [3.05, 3.63) is 35.4 Å². The minimum atomic E-state index is -0.131. The van der Waals surface area contributed by atoms with Gasteiger partial charge in [0, 0.05) is 12.6 Å². The van der Waals surface area contributed by atoms with Gasteiger partial charge in [-0.15, -0.1) is 0 Å². The van der Waals surface area contributed by atoms with Crippen LogP contribution in [-0.4, -0.2) is 29.6 Å². The van der Waals surface area contributed by atoms with Gasteiger partial charge < -0.3 is 10.4 Å². The molecule has 1 atom stereocenters. The highest BCUT2D eigenvalue weighted by molar-refractivity contribution is 5.83. The number of Topliss-reactive ketones (excluding diaryl/α,β-unsaturated/α-hetero) is 1. The van der Waals surface area contributed by atoms with Gasteiger partial charge in [-0.05, 0) is 45.1 Å². The lowest BCUT2D eigenvalue weighted by Crippen LogP contribution is -2.38. The Bertz CT molecular complexity index is 433. The maximum Gasteiger partial charge on any atom is 0.138 e. The molecule has 0 aliphatic heterocycles. The minimum absolute atomic E-state index is 0.0672. The van der Waals surface area contributed by atoms with Gasteiger partial charge in [-0.1, -0.05) is 29.8 Å². The maximum atomic E-state index is 11.9. The van der Waals surface area contributed by atoms with E-state index >= 15 is 0 Å². The Kier molecular flexibility index (Phi) is 5.32. The first kappa shape index (κ1) is 15.2. The minimum Gasteiger partial charge on any atom is -0.393 e. The molecule has 110 valence electrons. The van der Waals surface area contributed by atoms with Gasteiger partial charge >= 0.3 is 0 Å². The van der Waals surface area contributed by atoms with Crippen LogP contribution in [0.5, 0.6) is 0 Å². The average molecular weight is 275 g/mol. The van der Waals surface area contributed by atoms with Crippen molar-refractivity contribution in [2.24, 2.45) is 0 Å². The molecular formula is C17H25NO2. The molecular weight excluding hydrogens is 250 g/mol. The molecule has 1 aromatic rings. The van der Waals surface area contributed by atoms with Crippen LogP contribution in [-0.2, 0) is 4.79 Å². The lowest BCUT2D eigenvalue weighted by molar-refractivity contribution is -0.118. The van der Waals surface area contributed by atoms with Crippen molar-refractivity contribution in [3.8, 4) is 0 Å². The number of aliphatic hydroxyl groups excluding tert-OH is 1. The number of carbonyl (C=O) groups excluding carboxylic acids is 1. The van der Waals surface area contributed by atoms with E-state index in [-0.39, 0.29) is 17.8 Å². The summed E-state index contributed by atoms with van der Waals surface area (Å²) in [6.45, 7) is 4.41. The Morgan fingerprint density at radius 3 is 2.40 bits per heavy atom. The highest BCUT2D eigenvalue weighted by Crippen LogP contribution is 2.21. The van der Waals surface area contributed by atoms with E-state index in [4.69, 9.17) is 0 Å². The van der Waals surface area contributed by atoms with Crippen molar-refractivity contribution in [2.45, 2.75) is 57.6 Å². The van der Waals surface area contributed by atoms with Crippen LogP contribution < -0.4 is 5.32 Å². The highest BCUT2D eigenvalue weighted by atomic mass is 16.3. The number of aliphatic hydroxyl groups is 1. The van der Waals surface area contributed by atoms with E-state index < -0.39 is 0 Å². The van der Waals surface area contributed by atoms with Crippen LogP contribution in [0.4, 0.5) is 0 Å². The van der Waals surface area contributed by atoms with E-state index in [0.717, 1.165) is 31.2 Å². The molecule has 0 unspecified atom stereocenters. The topological polar surface area (TPSA) is 49.3 Å². The van der Waals surface area contributed by atoms with Gasteiger partial charge in [0.05, 0.1) is 12.0 Å². The van der Waals surface area contributed by atoms with Crippen molar-refractivity contribution in [1.29, 1.82) is 0 Å². The Hall–Kier alpha value is -1.19. The van der Waals surface area contributed by atoms with Crippen molar-refractivity contribution < 1.29 is 9.90 Å². The number of benzene rings is 1. The van der Waals surface area contributed by atoms with E-state index in [2.05, 4.69) is 24.4 Å². The number of hydrogen-bond acceptors (Lipinski definition) is 3. The molecule has 1 aromatic carbocycles. The van der Waals surface area contributed by atoms with Crippen molar-refractivity contribution >= 4 is 5.78 Å². The molecule has 0 heterocycles.